The highest BCUT2D eigenvalue weighted by Gasteiger charge is 2.38. The number of hydrogen-bond acceptors (Lipinski definition) is 4. The minimum absolute atomic E-state index is 0.00957. The van der Waals surface area contributed by atoms with Crippen LogP contribution < -0.4 is 4.72 Å². The van der Waals surface area contributed by atoms with Gasteiger partial charge in [-0.05, 0) is 39.2 Å². The quantitative estimate of drug-likeness (QED) is 0.452. The van der Waals surface area contributed by atoms with Gasteiger partial charge in [0.1, 0.15) is 10.5 Å². The van der Waals surface area contributed by atoms with Crippen molar-refractivity contribution in [3.05, 3.63) is 35.9 Å². The van der Waals surface area contributed by atoms with Crippen LogP contribution in [0.15, 0.2) is 30.3 Å². The predicted octanol–water partition coefficient (Wildman–Crippen LogP) is 2.74. The number of carboxylic acid groups (broad SMARTS) is 1. The van der Waals surface area contributed by atoms with Crippen molar-refractivity contribution in [2.24, 2.45) is 0 Å². The summed E-state index contributed by atoms with van der Waals surface area (Å²) in [6, 6.07) is 9.31. The zero-order valence-electron chi connectivity index (χ0n) is 14.3. The van der Waals surface area contributed by atoms with Gasteiger partial charge in [-0.3, -0.25) is 9.36 Å². The van der Waals surface area contributed by atoms with E-state index in [0.29, 0.717) is 6.42 Å². The highest BCUT2D eigenvalue weighted by molar-refractivity contribution is 7.91. The van der Waals surface area contributed by atoms with Crippen molar-refractivity contribution in [1.29, 1.82) is 0 Å². The van der Waals surface area contributed by atoms with Crippen LogP contribution in [0.1, 0.15) is 39.2 Å². The Balaban J connectivity index is 2.81. The van der Waals surface area contributed by atoms with Crippen LogP contribution in [0.4, 0.5) is 0 Å². The van der Waals surface area contributed by atoms with E-state index in [2.05, 4.69) is 4.72 Å². The van der Waals surface area contributed by atoms with E-state index in [1.807, 2.05) is 30.3 Å². The second-order valence-electron chi connectivity index (χ2n) is 6.66. The van der Waals surface area contributed by atoms with Gasteiger partial charge >= 0.3 is 5.97 Å². The maximum atomic E-state index is 12.7. The van der Waals surface area contributed by atoms with Gasteiger partial charge in [0.2, 0.25) is 7.37 Å². The number of aliphatic carboxylic acids is 1. The SMILES string of the molecule is CC(C)(C)[S+]([O-])N[C@@H](CCC(=O)O)P(=O)(O)CCc1ccccc1. The second kappa shape index (κ2) is 9.02. The molecule has 0 aliphatic heterocycles. The highest BCUT2D eigenvalue weighted by atomic mass is 32.2. The molecule has 0 spiro atoms. The fourth-order valence-corrected chi connectivity index (χ4v) is 5.08. The molecule has 0 aromatic heterocycles. The van der Waals surface area contributed by atoms with E-state index in [1.54, 1.807) is 20.8 Å². The average Bonchev–Trinajstić information content (AvgIpc) is 2.49. The fraction of sp³-hybridized carbons (Fsp3) is 0.562. The minimum Gasteiger partial charge on any atom is -0.598 e. The summed E-state index contributed by atoms with van der Waals surface area (Å²) in [6.45, 7) is 5.24. The number of aryl methyl sites for hydroxylation is 1. The molecule has 0 saturated carbocycles. The first-order valence-corrected chi connectivity index (χ1v) is 10.8. The van der Waals surface area contributed by atoms with Gasteiger partial charge in [0, 0.05) is 23.9 Å². The third kappa shape index (κ3) is 7.36. The third-order valence-electron chi connectivity index (χ3n) is 3.48. The standard InChI is InChI=1S/C16H26NO5PS/c1-16(2,3)24(22)17-14(9-10-15(18)19)23(20,21)12-11-13-7-5-4-6-8-13/h4-8,14,17H,9-12H2,1-3H3,(H,18,19)(H,20,21)/t14-,24?/m1/s1. The van der Waals surface area contributed by atoms with E-state index in [-0.39, 0.29) is 19.0 Å². The molecule has 3 N–H and O–H groups in total. The van der Waals surface area contributed by atoms with Crippen molar-refractivity contribution < 1.29 is 23.9 Å². The van der Waals surface area contributed by atoms with Crippen LogP contribution in [0, 0.1) is 0 Å². The first-order valence-electron chi connectivity index (χ1n) is 7.77. The summed E-state index contributed by atoms with van der Waals surface area (Å²) in [4.78, 5) is 21.2. The number of benzene rings is 1. The molecule has 3 atom stereocenters. The van der Waals surface area contributed by atoms with Crippen LogP contribution in [-0.4, -0.2) is 37.2 Å². The van der Waals surface area contributed by atoms with Crippen molar-refractivity contribution in [3.63, 3.8) is 0 Å². The van der Waals surface area contributed by atoms with E-state index >= 15 is 0 Å². The van der Waals surface area contributed by atoms with Crippen LogP contribution in [0.5, 0.6) is 0 Å². The topological polar surface area (TPSA) is 110 Å². The molecule has 136 valence electrons. The Bertz CT molecular complexity index is 576. The molecular weight excluding hydrogens is 349 g/mol. The maximum Gasteiger partial charge on any atom is 0.303 e. The van der Waals surface area contributed by atoms with Crippen molar-refractivity contribution in [1.82, 2.24) is 4.72 Å². The van der Waals surface area contributed by atoms with Crippen molar-refractivity contribution in [2.75, 3.05) is 6.16 Å². The molecule has 0 amide bonds. The van der Waals surface area contributed by atoms with Gasteiger partial charge in [0.25, 0.3) is 0 Å². The summed E-state index contributed by atoms with van der Waals surface area (Å²) >= 11 is -1.55. The molecule has 1 aromatic rings. The van der Waals surface area contributed by atoms with E-state index in [0.717, 1.165) is 5.56 Å². The Labute approximate surface area is 146 Å². The number of hydrogen-bond donors (Lipinski definition) is 3. The van der Waals surface area contributed by atoms with Crippen molar-refractivity contribution in [3.8, 4) is 0 Å². The predicted molar refractivity (Wildman–Crippen MR) is 96.5 cm³/mol. The zero-order chi connectivity index (χ0) is 18.4. The largest absolute Gasteiger partial charge is 0.598 e. The monoisotopic (exact) mass is 375 g/mol. The molecule has 1 aromatic carbocycles. The van der Waals surface area contributed by atoms with Crippen LogP contribution in [0.25, 0.3) is 0 Å². The highest BCUT2D eigenvalue weighted by Crippen LogP contribution is 2.48. The lowest BCUT2D eigenvalue weighted by Gasteiger charge is -2.30. The molecule has 0 aliphatic rings. The van der Waals surface area contributed by atoms with Crippen LogP contribution in [-0.2, 0) is 27.1 Å². The lowest BCUT2D eigenvalue weighted by Crippen LogP contribution is -2.45. The Kier molecular flexibility index (Phi) is 7.96. The zero-order valence-corrected chi connectivity index (χ0v) is 16.0. The smallest absolute Gasteiger partial charge is 0.303 e. The summed E-state index contributed by atoms with van der Waals surface area (Å²) in [5.41, 5.74) is 0.931. The Morgan fingerprint density at radius 2 is 1.92 bits per heavy atom. The lowest BCUT2D eigenvalue weighted by atomic mass is 10.2. The molecule has 8 heteroatoms. The first kappa shape index (κ1) is 21.2. The summed E-state index contributed by atoms with van der Waals surface area (Å²) in [6.07, 6.45) is 0.117. The van der Waals surface area contributed by atoms with Crippen LogP contribution in [0.2, 0.25) is 0 Å². The minimum atomic E-state index is -3.72. The normalized spacial score (nSPS) is 17.0. The van der Waals surface area contributed by atoms with Gasteiger partial charge in [-0.2, -0.15) is 0 Å². The summed E-state index contributed by atoms with van der Waals surface area (Å²) in [5, 5.41) is 8.86. The molecule has 0 radical (unpaired) electrons. The van der Waals surface area contributed by atoms with Crippen LogP contribution in [0.3, 0.4) is 0 Å². The van der Waals surface area contributed by atoms with E-state index in [1.165, 1.54) is 0 Å². The van der Waals surface area contributed by atoms with Crippen molar-refractivity contribution >= 4 is 24.7 Å². The summed E-state index contributed by atoms with van der Waals surface area (Å²) in [5.74, 6) is -2.05. The number of carbonyl (C=O) groups is 1. The Morgan fingerprint density at radius 1 is 1.33 bits per heavy atom. The van der Waals surface area contributed by atoms with Crippen molar-refractivity contribution in [2.45, 2.75) is 50.6 Å². The average molecular weight is 375 g/mol. The molecule has 1 rings (SSSR count). The first-order chi connectivity index (χ1) is 11.0. The second-order valence-corrected chi connectivity index (χ2v) is 11.2. The van der Waals surface area contributed by atoms with Gasteiger partial charge in [-0.1, -0.05) is 30.3 Å². The molecule has 2 unspecified atom stereocenters. The van der Waals surface area contributed by atoms with E-state index < -0.39 is 35.2 Å². The van der Waals surface area contributed by atoms with Gasteiger partial charge in [0.05, 0.1) is 0 Å². The molecule has 0 fully saturated rings. The van der Waals surface area contributed by atoms with E-state index in [4.69, 9.17) is 5.11 Å². The Hall–Kier alpha value is -0.850. The van der Waals surface area contributed by atoms with Crippen LogP contribution >= 0.6 is 7.37 Å². The molecule has 0 saturated heterocycles. The fourth-order valence-electron chi connectivity index (χ4n) is 1.99. The molecule has 0 bridgehead atoms. The van der Waals surface area contributed by atoms with Gasteiger partial charge in [-0.25, -0.2) is 0 Å². The molecule has 24 heavy (non-hydrogen) atoms. The van der Waals surface area contributed by atoms with Gasteiger partial charge in [0.15, 0.2) is 0 Å². The van der Waals surface area contributed by atoms with Gasteiger partial charge < -0.3 is 14.6 Å². The number of rotatable bonds is 9. The maximum absolute atomic E-state index is 12.7. The van der Waals surface area contributed by atoms with E-state index in [9.17, 15) is 18.8 Å². The lowest BCUT2D eigenvalue weighted by molar-refractivity contribution is -0.137. The molecule has 0 heterocycles. The summed E-state index contributed by atoms with van der Waals surface area (Å²) in [7, 11) is -3.72. The number of carboxylic acids is 1. The molecular formula is C16H26NO5PS. The van der Waals surface area contributed by atoms with Gasteiger partial charge in [-0.15, -0.1) is 4.72 Å². The molecule has 0 aliphatic carbocycles. The number of nitrogens with one attached hydrogen (secondary N) is 1. The Morgan fingerprint density at radius 3 is 2.42 bits per heavy atom. The molecule has 6 nitrogen and oxygen atoms in total. The summed E-state index contributed by atoms with van der Waals surface area (Å²) < 4.78 is 27.1. The third-order valence-corrected chi connectivity index (χ3v) is 7.49.